The highest BCUT2D eigenvalue weighted by Gasteiger charge is 2.11. The molecule has 1 heterocycles. The predicted molar refractivity (Wildman–Crippen MR) is 96.0 cm³/mol. The normalized spacial score (nSPS) is 10.3. The van der Waals surface area contributed by atoms with Crippen LogP contribution in [0.15, 0.2) is 71.5 Å². The zero-order valence-electron chi connectivity index (χ0n) is 14.1. The van der Waals surface area contributed by atoms with Gasteiger partial charge in [-0.05, 0) is 25.1 Å². The van der Waals surface area contributed by atoms with E-state index in [2.05, 4.69) is 5.10 Å². The van der Waals surface area contributed by atoms with E-state index in [9.17, 15) is 14.4 Å². The number of Topliss-reactive ketones (excluding diaryl/α,β-unsaturated/α-hetero) is 1. The van der Waals surface area contributed by atoms with Gasteiger partial charge in [0, 0.05) is 17.2 Å². The van der Waals surface area contributed by atoms with Crippen molar-refractivity contribution in [3.8, 4) is 17.0 Å². The quantitative estimate of drug-likeness (QED) is 0.402. The van der Waals surface area contributed by atoms with E-state index in [0.29, 0.717) is 11.3 Å². The number of hydrogen-bond donors (Lipinski definition) is 0. The molecule has 0 fully saturated rings. The van der Waals surface area contributed by atoms with Crippen LogP contribution in [0.25, 0.3) is 11.3 Å². The second-order valence-corrected chi connectivity index (χ2v) is 5.64. The molecular weight excluding hydrogens is 332 g/mol. The molecule has 0 bridgehead atoms. The fourth-order valence-corrected chi connectivity index (χ4v) is 2.39. The first-order chi connectivity index (χ1) is 12.5. The lowest BCUT2D eigenvalue weighted by atomic mass is 10.1. The van der Waals surface area contributed by atoms with Gasteiger partial charge in [0.25, 0.3) is 5.56 Å². The minimum Gasteiger partial charge on any atom is -0.425 e. The molecule has 0 unspecified atom stereocenters. The third-order valence-electron chi connectivity index (χ3n) is 3.69. The molecule has 2 aromatic carbocycles. The first-order valence-corrected chi connectivity index (χ1v) is 7.98. The summed E-state index contributed by atoms with van der Waals surface area (Å²) in [5.74, 6) is -0.531. The van der Waals surface area contributed by atoms with Gasteiger partial charge in [-0.1, -0.05) is 42.5 Å². The highest BCUT2D eigenvalue weighted by Crippen LogP contribution is 2.15. The maximum Gasteiger partial charge on any atom is 0.333 e. The fraction of sp³-hybridized carbons (Fsp3) is 0.100. The molecule has 0 aliphatic carbocycles. The second kappa shape index (κ2) is 7.57. The Morgan fingerprint density at radius 3 is 2.50 bits per heavy atom. The predicted octanol–water partition coefficient (Wildman–Crippen LogP) is 2.72. The summed E-state index contributed by atoms with van der Waals surface area (Å²) in [5.41, 5.74) is 1.45. The molecular formula is C20H16N2O4. The molecule has 6 heteroatoms. The summed E-state index contributed by atoms with van der Waals surface area (Å²) in [6, 6.07) is 18.6. The first kappa shape index (κ1) is 17.3. The summed E-state index contributed by atoms with van der Waals surface area (Å²) in [5, 5.41) is 4.22. The number of hydrogen-bond acceptors (Lipinski definition) is 5. The van der Waals surface area contributed by atoms with Gasteiger partial charge >= 0.3 is 5.97 Å². The van der Waals surface area contributed by atoms with Gasteiger partial charge < -0.3 is 4.74 Å². The highest BCUT2D eigenvalue weighted by atomic mass is 16.5. The van der Waals surface area contributed by atoms with Crippen LogP contribution in [0, 0.1) is 0 Å². The van der Waals surface area contributed by atoms with Crippen molar-refractivity contribution >= 4 is 11.8 Å². The monoisotopic (exact) mass is 348 g/mol. The summed E-state index contributed by atoms with van der Waals surface area (Å²) in [6.45, 7) is 1.10. The number of ether oxygens (including phenoxy) is 1. The molecule has 26 heavy (non-hydrogen) atoms. The van der Waals surface area contributed by atoms with Gasteiger partial charge in [0.15, 0.2) is 5.78 Å². The van der Waals surface area contributed by atoms with Crippen LogP contribution in [0.5, 0.6) is 5.75 Å². The van der Waals surface area contributed by atoms with Crippen LogP contribution >= 0.6 is 0 Å². The van der Waals surface area contributed by atoms with Crippen LogP contribution in [-0.2, 0) is 11.3 Å². The lowest BCUT2D eigenvalue weighted by Crippen LogP contribution is -2.28. The molecule has 0 N–H and O–H groups in total. The Morgan fingerprint density at radius 1 is 1.00 bits per heavy atom. The Morgan fingerprint density at radius 2 is 1.77 bits per heavy atom. The number of carbonyl (C=O) groups excluding carboxylic acids is 2. The molecule has 0 aliphatic rings. The second-order valence-electron chi connectivity index (χ2n) is 5.64. The molecule has 0 aliphatic heterocycles. The fourth-order valence-electron chi connectivity index (χ4n) is 2.39. The van der Waals surface area contributed by atoms with E-state index in [-0.39, 0.29) is 18.1 Å². The number of benzene rings is 2. The minimum absolute atomic E-state index is 0.128. The maximum atomic E-state index is 12.2. The molecule has 0 saturated heterocycles. The van der Waals surface area contributed by atoms with Crippen LogP contribution in [-0.4, -0.2) is 21.5 Å². The Labute approximate surface area is 149 Å². The SMILES string of the molecule is CC(=O)c1cccc(OC(=O)Cn2nc(-c3ccccc3)ccc2=O)c1. The van der Waals surface area contributed by atoms with E-state index in [0.717, 1.165) is 10.2 Å². The van der Waals surface area contributed by atoms with E-state index in [1.54, 1.807) is 24.3 Å². The summed E-state index contributed by atoms with van der Waals surface area (Å²) in [7, 11) is 0. The Balaban J connectivity index is 1.78. The summed E-state index contributed by atoms with van der Waals surface area (Å²) < 4.78 is 6.27. The van der Waals surface area contributed by atoms with Gasteiger partial charge in [-0.3, -0.25) is 9.59 Å². The third-order valence-corrected chi connectivity index (χ3v) is 3.69. The van der Waals surface area contributed by atoms with E-state index < -0.39 is 11.5 Å². The van der Waals surface area contributed by atoms with E-state index >= 15 is 0 Å². The molecule has 0 radical (unpaired) electrons. The average Bonchev–Trinajstić information content (AvgIpc) is 2.64. The number of ketones is 1. The first-order valence-electron chi connectivity index (χ1n) is 7.98. The van der Waals surface area contributed by atoms with Crippen molar-refractivity contribution in [2.75, 3.05) is 0 Å². The molecule has 0 spiro atoms. The van der Waals surface area contributed by atoms with E-state index in [1.807, 2.05) is 30.3 Å². The van der Waals surface area contributed by atoms with Crippen LogP contribution < -0.4 is 10.3 Å². The van der Waals surface area contributed by atoms with Crippen molar-refractivity contribution in [1.82, 2.24) is 9.78 Å². The highest BCUT2D eigenvalue weighted by molar-refractivity contribution is 5.94. The molecule has 130 valence electrons. The topological polar surface area (TPSA) is 78.3 Å². The minimum atomic E-state index is -0.648. The van der Waals surface area contributed by atoms with Crippen LogP contribution in [0.3, 0.4) is 0 Å². The van der Waals surface area contributed by atoms with Gasteiger partial charge in [0.1, 0.15) is 12.3 Å². The van der Waals surface area contributed by atoms with Crippen molar-refractivity contribution in [3.05, 3.63) is 82.6 Å². The van der Waals surface area contributed by atoms with Crippen LogP contribution in [0.1, 0.15) is 17.3 Å². The number of rotatable bonds is 5. The van der Waals surface area contributed by atoms with Gasteiger partial charge in [0.2, 0.25) is 0 Å². The van der Waals surface area contributed by atoms with E-state index in [4.69, 9.17) is 4.74 Å². The smallest absolute Gasteiger partial charge is 0.333 e. The van der Waals surface area contributed by atoms with Gasteiger partial charge in [0.05, 0.1) is 5.69 Å². The Kier molecular flexibility index (Phi) is 5.03. The number of aromatic nitrogens is 2. The summed E-state index contributed by atoms with van der Waals surface area (Å²) >= 11 is 0. The molecule has 0 amide bonds. The molecule has 3 aromatic rings. The Bertz CT molecular complexity index is 1010. The number of carbonyl (C=O) groups is 2. The molecule has 1 aromatic heterocycles. The zero-order valence-corrected chi connectivity index (χ0v) is 14.1. The lowest BCUT2D eigenvalue weighted by molar-refractivity contribution is -0.135. The standard InChI is InChI=1S/C20H16N2O4/c1-14(23)16-8-5-9-17(12-16)26-20(25)13-22-19(24)11-10-18(21-22)15-6-3-2-4-7-15/h2-12H,13H2,1H3. The van der Waals surface area contributed by atoms with Gasteiger partial charge in [-0.25, -0.2) is 9.48 Å². The molecule has 0 saturated carbocycles. The maximum absolute atomic E-state index is 12.2. The van der Waals surface area contributed by atoms with Crippen molar-refractivity contribution < 1.29 is 14.3 Å². The Hall–Kier alpha value is -3.54. The molecule has 3 rings (SSSR count). The van der Waals surface area contributed by atoms with Crippen LogP contribution in [0.2, 0.25) is 0 Å². The summed E-state index contributed by atoms with van der Waals surface area (Å²) in [6.07, 6.45) is 0. The zero-order chi connectivity index (χ0) is 18.5. The van der Waals surface area contributed by atoms with Crippen molar-refractivity contribution in [2.24, 2.45) is 0 Å². The largest absolute Gasteiger partial charge is 0.425 e. The average molecular weight is 348 g/mol. The van der Waals surface area contributed by atoms with Gasteiger partial charge in [-0.2, -0.15) is 5.10 Å². The molecule has 6 nitrogen and oxygen atoms in total. The van der Waals surface area contributed by atoms with Crippen molar-refractivity contribution in [2.45, 2.75) is 13.5 Å². The van der Waals surface area contributed by atoms with Crippen molar-refractivity contribution in [3.63, 3.8) is 0 Å². The van der Waals surface area contributed by atoms with Crippen LogP contribution in [0.4, 0.5) is 0 Å². The van der Waals surface area contributed by atoms with Gasteiger partial charge in [-0.15, -0.1) is 0 Å². The molecule has 0 atom stereocenters. The summed E-state index contributed by atoms with van der Waals surface area (Å²) in [4.78, 5) is 35.5. The lowest BCUT2D eigenvalue weighted by Gasteiger charge is -2.08. The number of esters is 1. The van der Waals surface area contributed by atoms with E-state index in [1.165, 1.54) is 19.1 Å². The third kappa shape index (κ3) is 4.10. The van der Waals surface area contributed by atoms with Crippen molar-refractivity contribution in [1.29, 1.82) is 0 Å². The number of nitrogens with zero attached hydrogens (tertiary/aromatic N) is 2.